The Hall–Kier alpha value is -1.57. The van der Waals surface area contributed by atoms with E-state index in [0.29, 0.717) is 6.42 Å². The van der Waals surface area contributed by atoms with Crippen LogP contribution in [0.25, 0.3) is 0 Å². The minimum absolute atomic E-state index is 0.105. The molecule has 0 bridgehead atoms. The first kappa shape index (κ1) is 11.5. The third-order valence-corrected chi connectivity index (χ3v) is 2.34. The summed E-state index contributed by atoms with van der Waals surface area (Å²) in [6.07, 6.45) is 2.32. The molecule has 15 heavy (non-hydrogen) atoms. The van der Waals surface area contributed by atoms with Gasteiger partial charge in [0.15, 0.2) is 0 Å². The molecule has 0 saturated heterocycles. The first-order valence-electron chi connectivity index (χ1n) is 4.93. The molecule has 1 rings (SSSR count). The van der Waals surface area contributed by atoms with Crippen molar-refractivity contribution in [3.05, 3.63) is 42.5 Å². The summed E-state index contributed by atoms with van der Waals surface area (Å²) in [5.41, 5.74) is 1.10. The highest BCUT2D eigenvalue weighted by Crippen LogP contribution is 2.23. The maximum absolute atomic E-state index is 11.0. The molecule has 0 heterocycles. The van der Waals surface area contributed by atoms with Crippen molar-refractivity contribution >= 4 is 5.78 Å². The Morgan fingerprint density at radius 1 is 1.47 bits per heavy atom. The quantitative estimate of drug-likeness (QED) is 0.689. The van der Waals surface area contributed by atoms with Crippen LogP contribution in [0.1, 0.15) is 24.8 Å². The lowest BCUT2D eigenvalue weighted by Gasteiger charge is -2.11. The van der Waals surface area contributed by atoms with E-state index in [0.717, 1.165) is 11.3 Å². The summed E-state index contributed by atoms with van der Waals surface area (Å²) in [4.78, 5) is 11.0. The predicted octanol–water partition coefficient (Wildman–Crippen LogP) is 2.94. The zero-order valence-corrected chi connectivity index (χ0v) is 9.19. The number of benzene rings is 1. The van der Waals surface area contributed by atoms with Crippen molar-refractivity contribution in [1.29, 1.82) is 0 Å². The highest BCUT2D eigenvalue weighted by atomic mass is 16.5. The lowest BCUT2D eigenvalue weighted by Crippen LogP contribution is -2.01. The maximum Gasteiger partial charge on any atom is 0.130 e. The average Bonchev–Trinajstić information content (AvgIpc) is 2.26. The van der Waals surface area contributed by atoms with E-state index in [1.54, 1.807) is 14.0 Å². The fraction of sp³-hybridized carbons (Fsp3) is 0.308. The minimum atomic E-state index is 0.105. The van der Waals surface area contributed by atoms with Gasteiger partial charge >= 0.3 is 0 Å². The molecule has 0 N–H and O–H groups in total. The lowest BCUT2D eigenvalue weighted by molar-refractivity contribution is -0.117. The van der Waals surface area contributed by atoms with Crippen LogP contribution in [0.4, 0.5) is 0 Å². The van der Waals surface area contributed by atoms with Gasteiger partial charge in [0.2, 0.25) is 0 Å². The largest absolute Gasteiger partial charge is 0.497 e. The highest BCUT2D eigenvalue weighted by molar-refractivity contribution is 5.76. The summed E-state index contributed by atoms with van der Waals surface area (Å²) >= 11 is 0. The average molecular weight is 204 g/mol. The number of allylic oxidation sites excluding steroid dienone is 1. The van der Waals surface area contributed by atoms with Gasteiger partial charge in [0.05, 0.1) is 7.11 Å². The topological polar surface area (TPSA) is 26.3 Å². The van der Waals surface area contributed by atoms with E-state index in [9.17, 15) is 4.79 Å². The molecule has 0 saturated carbocycles. The standard InChI is InChI=1S/C13H16O2/c1-4-11(9-10(2)14)12-5-7-13(15-3)8-6-12/h4-8,11H,1,9H2,2-3H3/t11-/m0/s1. The number of rotatable bonds is 5. The molecule has 1 aromatic carbocycles. The van der Waals surface area contributed by atoms with Gasteiger partial charge < -0.3 is 4.74 Å². The second kappa shape index (κ2) is 5.35. The summed E-state index contributed by atoms with van der Waals surface area (Å²) in [6.45, 7) is 5.35. The minimum Gasteiger partial charge on any atom is -0.497 e. The number of carbonyl (C=O) groups is 1. The van der Waals surface area contributed by atoms with Gasteiger partial charge in [-0.1, -0.05) is 18.2 Å². The number of methoxy groups -OCH3 is 1. The normalized spacial score (nSPS) is 11.9. The van der Waals surface area contributed by atoms with Gasteiger partial charge in [0.25, 0.3) is 0 Å². The summed E-state index contributed by atoms with van der Waals surface area (Å²) in [5, 5.41) is 0. The van der Waals surface area contributed by atoms with Crippen molar-refractivity contribution in [1.82, 2.24) is 0 Å². The van der Waals surface area contributed by atoms with Gasteiger partial charge in [0.1, 0.15) is 11.5 Å². The summed E-state index contributed by atoms with van der Waals surface area (Å²) in [5.74, 6) is 1.11. The van der Waals surface area contributed by atoms with Crippen LogP contribution >= 0.6 is 0 Å². The molecule has 0 amide bonds. The molecule has 0 aliphatic rings. The first-order chi connectivity index (χ1) is 7.17. The van der Waals surface area contributed by atoms with Crippen LogP contribution < -0.4 is 4.74 Å². The van der Waals surface area contributed by atoms with Crippen molar-refractivity contribution in [2.24, 2.45) is 0 Å². The monoisotopic (exact) mass is 204 g/mol. The van der Waals surface area contributed by atoms with Crippen LogP contribution in [0.15, 0.2) is 36.9 Å². The number of ether oxygens (including phenoxy) is 1. The molecule has 1 aromatic rings. The molecule has 0 unspecified atom stereocenters. The van der Waals surface area contributed by atoms with Gasteiger partial charge in [-0.25, -0.2) is 0 Å². The number of carbonyl (C=O) groups excluding carboxylic acids is 1. The highest BCUT2D eigenvalue weighted by Gasteiger charge is 2.09. The Labute approximate surface area is 90.6 Å². The fourth-order valence-electron chi connectivity index (χ4n) is 1.50. The van der Waals surface area contributed by atoms with E-state index in [1.165, 1.54) is 0 Å². The van der Waals surface area contributed by atoms with E-state index in [2.05, 4.69) is 6.58 Å². The zero-order valence-electron chi connectivity index (χ0n) is 9.19. The molecule has 0 aromatic heterocycles. The molecular formula is C13H16O2. The summed E-state index contributed by atoms with van der Waals surface area (Å²) in [6, 6.07) is 7.72. The second-order valence-electron chi connectivity index (χ2n) is 3.52. The van der Waals surface area contributed by atoms with Crippen molar-refractivity contribution < 1.29 is 9.53 Å². The second-order valence-corrected chi connectivity index (χ2v) is 3.52. The smallest absolute Gasteiger partial charge is 0.130 e. The van der Waals surface area contributed by atoms with Crippen molar-refractivity contribution in [2.75, 3.05) is 7.11 Å². The number of hydrogen-bond donors (Lipinski definition) is 0. The SMILES string of the molecule is C=C[C@@H](CC(C)=O)c1ccc(OC)cc1. The number of Topliss-reactive ketones (excluding diaryl/α,β-unsaturated/α-hetero) is 1. The van der Waals surface area contributed by atoms with Crippen LogP contribution in [-0.2, 0) is 4.79 Å². The first-order valence-corrected chi connectivity index (χ1v) is 4.93. The molecule has 1 atom stereocenters. The van der Waals surface area contributed by atoms with Crippen LogP contribution in [0.3, 0.4) is 0 Å². The Morgan fingerprint density at radius 3 is 2.47 bits per heavy atom. The fourth-order valence-corrected chi connectivity index (χ4v) is 1.50. The molecule has 2 nitrogen and oxygen atoms in total. The third kappa shape index (κ3) is 3.24. The molecule has 2 heteroatoms. The van der Waals surface area contributed by atoms with Gasteiger partial charge in [-0.2, -0.15) is 0 Å². The third-order valence-electron chi connectivity index (χ3n) is 2.34. The zero-order chi connectivity index (χ0) is 11.3. The van der Waals surface area contributed by atoms with E-state index >= 15 is 0 Å². The maximum atomic E-state index is 11.0. The van der Waals surface area contributed by atoms with Crippen LogP contribution in [0, 0.1) is 0 Å². The van der Waals surface area contributed by atoms with E-state index in [1.807, 2.05) is 30.3 Å². The number of hydrogen-bond acceptors (Lipinski definition) is 2. The van der Waals surface area contributed by atoms with Crippen molar-refractivity contribution in [3.63, 3.8) is 0 Å². The molecule has 0 fully saturated rings. The summed E-state index contributed by atoms with van der Waals surface area (Å²) < 4.78 is 5.07. The van der Waals surface area contributed by atoms with Crippen molar-refractivity contribution in [2.45, 2.75) is 19.3 Å². The van der Waals surface area contributed by atoms with Gasteiger partial charge in [0, 0.05) is 12.3 Å². The van der Waals surface area contributed by atoms with E-state index < -0.39 is 0 Å². The van der Waals surface area contributed by atoms with Crippen molar-refractivity contribution in [3.8, 4) is 5.75 Å². The van der Waals surface area contributed by atoms with Crippen LogP contribution in [0.2, 0.25) is 0 Å². The molecular weight excluding hydrogens is 188 g/mol. The molecule has 80 valence electrons. The number of ketones is 1. The molecule has 0 aliphatic carbocycles. The predicted molar refractivity (Wildman–Crippen MR) is 61.2 cm³/mol. The van der Waals surface area contributed by atoms with Gasteiger partial charge in [-0.3, -0.25) is 4.79 Å². The Bertz CT molecular complexity index is 338. The summed E-state index contributed by atoms with van der Waals surface area (Å²) in [7, 11) is 1.63. The Kier molecular flexibility index (Phi) is 4.10. The van der Waals surface area contributed by atoms with E-state index in [-0.39, 0.29) is 11.7 Å². The van der Waals surface area contributed by atoms with E-state index in [4.69, 9.17) is 4.74 Å². The Balaban J connectivity index is 2.82. The van der Waals surface area contributed by atoms with Gasteiger partial charge in [-0.15, -0.1) is 6.58 Å². The molecule has 0 radical (unpaired) electrons. The Morgan fingerprint density at radius 2 is 2.07 bits per heavy atom. The lowest BCUT2D eigenvalue weighted by atomic mass is 9.94. The van der Waals surface area contributed by atoms with Crippen LogP contribution in [0.5, 0.6) is 5.75 Å². The molecule has 0 spiro atoms. The van der Waals surface area contributed by atoms with Crippen LogP contribution in [-0.4, -0.2) is 12.9 Å². The molecule has 0 aliphatic heterocycles. The van der Waals surface area contributed by atoms with Gasteiger partial charge in [-0.05, 0) is 24.6 Å².